The molecule has 1 unspecified atom stereocenters. The Balaban J connectivity index is 2.28. The van der Waals surface area contributed by atoms with Crippen molar-refractivity contribution in [2.24, 2.45) is 16.3 Å². The van der Waals surface area contributed by atoms with E-state index in [4.69, 9.17) is 4.74 Å². The molecule has 1 rings (SSSR count). The van der Waals surface area contributed by atoms with Crippen molar-refractivity contribution in [3.8, 4) is 0 Å². The van der Waals surface area contributed by atoms with Crippen molar-refractivity contribution in [1.29, 1.82) is 0 Å². The molecule has 1 aromatic carbocycles. The molecule has 0 aliphatic carbocycles. The van der Waals surface area contributed by atoms with Crippen molar-refractivity contribution in [3.05, 3.63) is 35.9 Å². The normalized spacial score (nSPS) is 14.0. The van der Waals surface area contributed by atoms with Crippen LogP contribution in [0, 0.1) is 11.3 Å². The van der Waals surface area contributed by atoms with E-state index in [1.807, 2.05) is 18.2 Å². The second-order valence-corrected chi connectivity index (χ2v) is 10.2. The standard InChI is InChI=1S/C20H35N3O3S/c1-17(14-26-15-18-9-7-6-8-10-18)13-22-19(21-4)23-16-20(2,3)11-12-27(5,24)25/h6-10,17H,11-16H2,1-5H3,(H2,21,22,23). The number of rotatable bonds is 11. The Morgan fingerprint density at radius 2 is 1.89 bits per heavy atom. The summed E-state index contributed by atoms with van der Waals surface area (Å²) >= 11 is 0. The van der Waals surface area contributed by atoms with E-state index >= 15 is 0 Å². The number of ether oxygens (including phenoxy) is 1. The van der Waals surface area contributed by atoms with Crippen LogP contribution in [0.1, 0.15) is 32.8 Å². The Morgan fingerprint density at radius 1 is 1.22 bits per heavy atom. The van der Waals surface area contributed by atoms with Crippen LogP contribution >= 0.6 is 0 Å². The molecule has 27 heavy (non-hydrogen) atoms. The summed E-state index contributed by atoms with van der Waals surface area (Å²) in [4.78, 5) is 4.24. The molecule has 1 aromatic rings. The van der Waals surface area contributed by atoms with Crippen molar-refractivity contribution >= 4 is 15.8 Å². The molecular formula is C20H35N3O3S. The molecule has 154 valence electrons. The van der Waals surface area contributed by atoms with E-state index in [0.717, 1.165) is 12.5 Å². The highest BCUT2D eigenvalue weighted by Crippen LogP contribution is 2.19. The van der Waals surface area contributed by atoms with Crippen LogP contribution in [0.25, 0.3) is 0 Å². The molecule has 0 aliphatic rings. The zero-order valence-electron chi connectivity index (χ0n) is 17.3. The van der Waals surface area contributed by atoms with Crippen LogP contribution in [0.3, 0.4) is 0 Å². The van der Waals surface area contributed by atoms with E-state index in [1.165, 1.54) is 11.8 Å². The number of nitrogens with zero attached hydrogens (tertiary/aromatic N) is 1. The van der Waals surface area contributed by atoms with Crippen molar-refractivity contribution in [2.45, 2.75) is 33.8 Å². The maximum Gasteiger partial charge on any atom is 0.191 e. The third-order valence-electron chi connectivity index (χ3n) is 4.24. The molecule has 0 fully saturated rings. The molecule has 0 radical (unpaired) electrons. The molecule has 0 aromatic heterocycles. The van der Waals surface area contributed by atoms with E-state index < -0.39 is 9.84 Å². The van der Waals surface area contributed by atoms with Gasteiger partial charge in [0.2, 0.25) is 0 Å². The van der Waals surface area contributed by atoms with Gasteiger partial charge in [0, 0.05) is 26.4 Å². The summed E-state index contributed by atoms with van der Waals surface area (Å²) < 4.78 is 28.5. The Bertz CT molecular complexity index is 673. The van der Waals surface area contributed by atoms with Gasteiger partial charge in [0.15, 0.2) is 5.96 Å². The molecule has 0 saturated carbocycles. The average molecular weight is 398 g/mol. The van der Waals surface area contributed by atoms with Crippen LogP contribution in [0.4, 0.5) is 0 Å². The fourth-order valence-corrected chi connectivity index (χ4v) is 3.30. The summed E-state index contributed by atoms with van der Waals surface area (Å²) in [5.41, 5.74) is 1.04. The monoisotopic (exact) mass is 397 g/mol. The van der Waals surface area contributed by atoms with Gasteiger partial charge < -0.3 is 15.4 Å². The van der Waals surface area contributed by atoms with Gasteiger partial charge in [-0.1, -0.05) is 51.1 Å². The molecule has 7 heteroatoms. The lowest BCUT2D eigenvalue weighted by atomic mass is 9.90. The molecule has 0 heterocycles. The van der Waals surface area contributed by atoms with E-state index in [0.29, 0.717) is 32.1 Å². The first-order valence-corrected chi connectivity index (χ1v) is 11.4. The lowest BCUT2D eigenvalue weighted by Crippen LogP contribution is -2.44. The van der Waals surface area contributed by atoms with Gasteiger partial charge in [0.25, 0.3) is 0 Å². The first-order chi connectivity index (χ1) is 12.6. The second kappa shape index (κ2) is 11.3. The predicted octanol–water partition coefficient (Wildman–Crippen LogP) is 2.47. The molecule has 6 nitrogen and oxygen atoms in total. The second-order valence-electron chi connectivity index (χ2n) is 7.96. The van der Waals surface area contributed by atoms with Gasteiger partial charge in [0.1, 0.15) is 9.84 Å². The number of aliphatic imine (C=N–C) groups is 1. The SMILES string of the molecule is CN=C(NCC(C)COCc1ccccc1)NCC(C)(C)CCS(C)(=O)=O. The zero-order valence-corrected chi connectivity index (χ0v) is 18.1. The molecule has 0 spiro atoms. The maximum absolute atomic E-state index is 11.4. The number of hydrogen-bond donors (Lipinski definition) is 2. The molecule has 2 N–H and O–H groups in total. The summed E-state index contributed by atoms with van der Waals surface area (Å²) in [5.74, 6) is 1.26. The Morgan fingerprint density at radius 3 is 2.48 bits per heavy atom. The lowest BCUT2D eigenvalue weighted by Gasteiger charge is -2.26. The van der Waals surface area contributed by atoms with E-state index in [-0.39, 0.29) is 11.2 Å². The number of sulfone groups is 1. The van der Waals surface area contributed by atoms with Crippen LogP contribution in [0.5, 0.6) is 0 Å². The minimum absolute atomic E-state index is 0.134. The van der Waals surface area contributed by atoms with E-state index in [2.05, 4.69) is 48.5 Å². The number of hydrogen-bond acceptors (Lipinski definition) is 4. The summed E-state index contributed by atoms with van der Waals surface area (Å²) in [6.45, 7) is 8.92. The van der Waals surface area contributed by atoms with Crippen LogP contribution in [0.15, 0.2) is 35.3 Å². The van der Waals surface area contributed by atoms with Gasteiger partial charge >= 0.3 is 0 Å². The Labute approximate surface area is 164 Å². The minimum Gasteiger partial charge on any atom is -0.376 e. The Hall–Kier alpha value is -1.60. The van der Waals surface area contributed by atoms with Crippen LogP contribution in [-0.4, -0.2) is 53.1 Å². The molecule has 1 atom stereocenters. The van der Waals surface area contributed by atoms with Gasteiger partial charge in [-0.15, -0.1) is 0 Å². The fourth-order valence-electron chi connectivity index (χ4n) is 2.38. The fraction of sp³-hybridized carbons (Fsp3) is 0.650. The average Bonchev–Trinajstić information content (AvgIpc) is 2.61. The maximum atomic E-state index is 11.4. The molecule has 0 amide bonds. The highest BCUT2D eigenvalue weighted by Gasteiger charge is 2.20. The topological polar surface area (TPSA) is 79.8 Å². The number of nitrogens with one attached hydrogen (secondary N) is 2. The van der Waals surface area contributed by atoms with Crippen LogP contribution in [0.2, 0.25) is 0 Å². The van der Waals surface area contributed by atoms with Gasteiger partial charge in [0.05, 0.1) is 19.0 Å². The summed E-state index contributed by atoms with van der Waals surface area (Å²) in [6, 6.07) is 10.1. The quantitative estimate of drug-likeness (QED) is 0.443. The van der Waals surface area contributed by atoms with Crippen LogP contribution in [-0.2, 0) is 21.2 Å². The van der Waals surface area contributed by atoms with Crippen molar-refractivity contribution in [1.82, 2.24) is 10.6 Å². The van der Waals surface area contributed by atoms with Gasteiger partial charge in [-0.3, -0.25) is 4.99 Å². The minimum atomic E-state index is -2.94. The smallest absolute Gasteiger partial charge is 0.191 e. The Kier molecular flexibility index (Phi) is 9.80. The number of benzene rings is 1. The first-order valence-electron chi connectivity index (χ1n) is 9.35. The number of guanidine groups is 1. The van der Waals surface area contributed by atoms with Crippen molar-refractivity contribution < 1.29 is 13.2 Å². The third-order valence-corrected chi connectivity index (χ3v) is 5.19. The summed E-state index contributed by atoms with van der Waals surface area (Å²) in [7, 11) is -1.21. The molecule has 0 aliphatic heterocycles. The molecule has 0 saturated heterocycles. The highest BCUT2D eigenvalue weighted by molar-refractivity contribution is 7.90. The summed E-state index contributed by atoms with van der Waals surface area (Å²) in [5, 5.41) is 6.59. The van der Waals surface area contributed by atoms with Crippen LogP contribution < -0.4 is 10.6 Å². The lowest BCUT2D eigenvalue weighted by molar-refractivity contribution is 0.0931. The van der Waals surface area contributed by atoms with Crippen molar-refractivity contribution in [2.75, 3.05) is 38.8 Å². The largest absolute Gasteiger partial charge is 0.376 e. The van der Waals surface area contributed by atoms with Gasteiger partial charge in [-0.05, 0) is 23.3 Å². The molecule has 0 bridgehead atoms. The highest BCUT2D eigenvalue weighted by atomic mass is 32.2. The zero-order chi connectivity index (χ0) is 20.3. The van der Waals surface area contributed by atoms with Gasteiger partial charge in [-0.2, -0.15) is 0 Å². The first kappa shape index (κ1) is 23.4. The van der Waals surface area contributed by atoms with Gasteiger partial charge in [-0.25, -0.2) is 8.42 Å². The van der Waals surface area contributed by atoms with Crippen molar-refractivity contribution in [3.63, 3.8) is 0 Å². The van der Waals surface area contributed by atoms with E-state index in [9.17, 15) is 8.42 Å². The predicted molar refractivity (Wildman–Crippen MR) is 113 cm³/mol. The third kappa shape index (κ3) is 11.7. The molecular weight excluding hydrogens is 362 g/mol. The summed E-state index contributed by atoms with van der Waals surface area (Å²) in [6.07, 6.45) is 1.89. The van der Waals surface area contributed by atoms with E-state index in [1.54, 1.807) is 7.05 Å².